The van der Waals surface area contributed by atoms with Gasteiger partial charge in [-0.3, -0.25) is 4.99 Å². The van der Waals surface area contributed by atoms with Crippen LogP contribution >= 0.6 is 24.0 Å². The second-order valence-electron chi connectivity index (χ2n) is 7.09. The van der Waals surface area contributed by atoms with Gasteiger partial charge in [0.1, 0.15) is 5.76 Å². The molecule has 0 saturated heterocycles. The summed E-state index contributed by atoms with van der Waals surface area (Å²) >= 11 is 0. The average Bonchev–Trinajstić information content (AvgIpc) is 3.14. The molecule has 1 aromatic heterocycles. The van der Waals surface area contributed by atoms with Gasteiger partial charge in [-0.25, -0.2) is 0 Å². The zero-order chi connectivity index (χ0) is 17.7. The van der Waals surface area contributed by atoms with E-state index in [0.29, 0.717) is 12.0 Å². The monoisotopic (exact) mass is 477 g/mol. The molecule has 1 atom stereocenters. The molecule has 2 rings (SSSR count). The SMILES string of the molecule is CCCC(CCO)CN=C(NCCc1ccco1)NC1CCCCC1.I. The first-order valence-corrected chi connectivity index (χ1v) is 10.00. The third-order valence-corrected chi connectivity index (χ3v) is 4.93. The Hall–Kier alpha value is -0.760. The maximum Gasteiger partial charge on any atom is 0.191 e. The van der Waals surface area contributed by atoms with Crippen molar-refractivity contribution in [3.8, 4) is 0 Å². The van der Waals surface area contributed by atoms with Crippen molar-refractivity contribution in [3.05, 3.63) is 24.2 Å². The van der Waals surface area contributed by atoms with Gasteiger partial charge in [0.25, 0.3) is 0 Å². The number of furan rings is 1. The third kappa shape index (κ3) is 9.26. The molecule has 0 spiro atoms. The fourth-order valence-electron chi connectivity index (χ4n) is 3.49. The molecule has 150 valence electrons. The zero-order valence-corrected chi connectivity index (χ0v) is 18.4. The molecule has 5 nitrogen and oxygen atoms in total. The van der Waals surface area contributed by atoms with Crippen molar-refractivity contribution in [2.24, 2.45) is 10.9 Å². The number of hydrogen-bond donors (Lipinski definition) is 3. The van der Waals surface area contributed by atoms with Gasteiger partial charge in [0.2, 0.25) is 0 Å². The van der Waals surface area contributed by atoms with E-state index in [1.165, 1.54) is 32.1 Å². The average molecular weight is 477 g/mol. The minimum atomic E-state index is 0. The predicted octanol–water partition coefficient (Wildman–Crippen LogP) is 4.11. The number of aliphatic hydroxyl groups is 1. The van der Waals surface area contributed by atoms with Gasteiger partial charge in [0.15, 0.2) is 5.96 Å². The van der Waals surface area contributed by atoms with Crippen molar-refractivity contribution in [1.82, 2.24) is 10.6 Å². The summed E-state index contributed by atoms with van der Waals surface area (Å²) in [4.78, 5) is 4.83. The second-order valence-corrected chi connectivity index (χ2v) is 7.09. The highest BCUT2D eigenvalue weighted by atomic mass is 127. The molecule has 1 fully saturated rings. The summed E-state index contributed by atoms with van der Waals surface area (Å²) < 4.78 is 5.40. The van der Waals surface area contributed by atoms with Crippen molar-refractivity contribution in [2.75, 3.05) is 19.7 Å². The van der Waals surface area contributed by atoms with Crippen LogP contribution in [-0.4, -0.2) is 36.8 Å². The van der Waals surface area contributed by atoms with Crippen LogP contribution in [0.5, 0.6) is 0 Å². The lowest BCUT2D eigenvalue weighted by atomic mass is 9.96. The van der Waals surface area contributed by atoms with E-state index < -0.39 is 0 Å². The number of aliphatic hydroxyl groups excluding tert-OH is 1. The number of nitrogens with zero attached hydrogens (tertiary/aromatic N) is 1. The first-order valence-electron chi connectivity index (χ1n) is 10.00. The quantitative estimate of drug-likeness (QED) is 0.270. The van der Waals surface area contributed by atoms with Crippen LogP contribution in [0, 0.1) is 5.92 Å². The van der Waals surface area contributed by atoms with Gasteiger partial charge in [0, 0.05) is 32.2 Å². The molecule has 0 aliphatic heterocycles. The van der Waals surface area contributed by atoms with E-state index in [-0.39, 0.29) is 30.6 Å². The minimum Gasteiger partial charge on any atom is -0.469 e. The summed E-state index contributed by atoms with van der Waals surface area (Å²) in [6.45, 7) is 4.02. The van der Waals surface area contributed by atoms with Gasteiger partial charge in [-0.05, 0) is 43.7 Å². The van der Waals surface area contributed by atoms with Gasteiger partial charge < -0.3 is 20.2 Å². The fraction of sp³-hybridized carbons (Fsp3) is 0.750. The molecule has 0 radical (unpaired) electrons. The summed E-state index contributed by atoms with van der Waals surface area (Å²) in [7, 11) is 0. The first kappa shape index (κ1) is 23.3. The molecule has 1 aliphatic rings. The van der Waals surface area contributed by atoms with Gasteiger partial charge in [-0.1, -0.05) is 32.6 Å². The number of guanidine groups is 1. The Morgan fingerprint density at radius 1 is 1.31 bits per heavy atom. The van der Waals surface area contributed by atoms with Gasteiger partial charge in [-0.2, -0.15) is 0 Å². The smallest absolute Gasteiger partial charge is 0.191 e. The Labute approximate surface area is 175 Å². The zero-order valence-electron chi connectivity index (χ0n) is 16.1. The molecule has 1 aliphatic carbocycles. The van der Waals surface area contributed by atoms with E-state index in [0.717, 1.165) is 50.5 Å². The van der Waals surface area contributed by atoms with Crippen molar-refractivity contribution < 1.29 is 9.52 Å². The molecule has 1 unspecified atom stereocenters. The predicted molar refractivity (Wildman–Crippen MR) is 118 cm³/mol. The molecule has 0 amide bonds. The standard InChI is InChI=1S/C20H35N3O2.HI/c1-2-7-17(12-14-24)16-22-20(23-18-8-4-3-5-9-18)21-13-11-19-10-6-15-25-19;/h6,10,15,17-18,24H,2-5,7-9,11-14,16H2,1H3,(H2,21,22,23);1H. The largest absolute Gasteiger partial charge is 0.469 e. The number of nitrogens with one attached hydrogen (secondary N) is 2. The molecule has 0 bridgehead atoms. The van der Waals surface area contributed by atoms with Crippen molar-refractivity contribution in [1.29, 1.82) is 0 Å². The van der Waals surface area contributed by atoms with E-state index in [2.05, 4.69) is 17.6 Å². The van der Waals surface area contributed by atoms with Crippen LogP contribution in [0.3, 0.4) is 0 Å². The lowest BCUT2D eigenvalue weighted by molar-refractivity contribution is 0.253. The van der Waals surface area contributed by atoms with Crippen LogP contribution in [0.2, 0.25) is 0 Å². The van der Waals surface area contributed by atoms with E-state index in [1.54, 1.807) is 6.26 Å². The molecular formula is C20H36IN3O2. The third-order valence-electron chi connectivity index (χ3n) is 4.93. The fourth-order valence-corrected chi connectivity index (χ4v) is 3.49. The number of halogens is 1. The Morgan fingerprint density at radius 3 is 2.77 bits per heavy atom. The number of aliphatic imine (C=N–C) groups is 1. The van der Waals surface area contributed by atoms with Gasteiger partial charge in [-0.15, -0.1) is 24.0 Å². The Morgan fingerprint density at radius 2 is 2.12 bits per heavy atom. The van der Waals surface area contributed by atoms with E-state index in [1.807, 2.05) is 12.1 Å². The Balaban J connectivity index is 0.00000338. The van der Waals surface area contributed by atoms with Crippen LogP contribution < -0.4 is 10.6 Å². The maximum atomic E-state index is 9.25. The minimum absolute atomic E-state index is 0. The molecular weight excluding hydrogens is 441 g/mol. The van der Waals surface area contributed by atoms with Crippen molar-refractivity contribution >= 4 is 29.9 Å². The summed E-state index contributed by atoms with van der Waals surface area (Å²) in [5.74, 6) is 2.37. The molecule has 26 heavy (non-hydrogen) atoms. The highest BCUT2D eigenvalue weighted by Crippen LogP contribution is 2.17. The van der Waals surface area contributed by atoms with E-state index in [4.69, 9.17) is 9.41 Å². The number of hydrogen-bond acceptors (Lipinski definition) is 3. The van der Waals surface area contributed by atoms with Gasteiger partial charge in [0.05, 0.1) is 6.26 Å². The van der Waals surface area contributed by atoms with Crippen LogP contribution in [0.15, 0.2) is 27.8 Å². The summed E-state index contributed by atoms with van der Waals surface area (Å²) in [5.41, 5.74) is 0. The maximum absolute atomic E-state index is 9.25. The Bertz CT molecular complexity index is 467. The molecule has 1 aromatic rings. The normalized spacial score (nSPS) is 16.8. The molecule has 6 heteroatoms. The van der Waals surface area contributed by atoms with Crippen LogP contribution in [0.1, 0.15) is 64.1 Å². The topological polar surface area (TPSA) is 69.8 Å². The second kappa shape index (κ2) is 14.3. The van der Waals surface area contributed by atoms with Crippen LogP contribution in [-0.2, 0) is 6.42 Å². The lowest BCUT2D eigenvalue weighted by Gasteiger charge is -2.25. The molecule has 1 saturated carbocycles. The van der Waals surface area contributed by atoms with Crippen LogP contribution in [0.25, 0.3) is 0 Å². The summed E-state index contributed by atoms with van der Waals surface area (Å²) in [6, 6.07) is 4.46. The highest BCUT2D eigenvalue weighted by Gasteiger charge is 2.15. The molecule has 3 N–H and O–H groups in total. The van der Waals surface area contributed by atoms with Gasteiger partial charge >= 0.3 is 0 Å². The summed E-state index contributed by atoms with van der Waals surface area (Å²) in [6.07, 6.45) is 12.1. The molecule has 0 aromatic carbocycles. The van der Waals surface area contributed by atoms with E-state index in [9.17, 15) is 5.11 Å². The lowest BCUT2D eigenvalue weighted by Crippen LogP contribution is -2.45. The summed E-state index contributed by atoms with van der Waals surface area (Å²) in [5, 5.41) is 16.3. The van der Waals surface area contributed by atoms with Crippen LogP contribution in [0.4, 0.5) is 0 Å². The highest BCUT2D eigenvalue weighted by molar-refractivity contribution is 14.0. The van der Waals surface area contributed by atoms with Crippen molar-refractivity contribution in [2.45, 2.75) is 70.8 Å². The Kier molecular flexibility index (Phi) is 12.8. The first-order chi connectivity index (χ1) is 12.3. The van der Waals surface area contributed by atoms with E-state index >= 15 is 0 Å². The number of rotatable bonds is 10. The molecule has 1 heterocycles. The van der Waals surface area contributed by atoms with Crippen molar-refractivity contribution in [3.63, 3.8) is 0 Å².